The average Bonchev–Trinajstić information content (AvgIpc) is 3.27. The summed E-state index contributed by atoms with van der Waals surface area (Å²) >= 11 is 1.29. The number of carbonyl (C=O) groups is 1. The number of nitrogens with one attached hydrogen (secondary N) is 1. The maximum atomic E-state index is 13.6. The van der Waals surface area contributed by atoms with Crippen LogP contribution in [0.3, 0.4) is 0 Å². The summed E-state index contributed by atoms with van der Waals surface area (Å²) in [6, 6.07) is 4.98. The first-order valence-corrected chi connectivity index (χ1v) is 8.46. The molecule has 26 heavy (non-hydrogen) atoms. The van der Waals surface area contributed by atoms with Crippen molar-refractivity contribution in [2.75, 3.05) is 0 Å². The predicted octanol–water partition coefficient (Wildman–Crippen LogP) is 3.06. The molecule has 0 spiro atoms. The van der Waals surface area contributed by atoms with Crippen LogP contribution in [0.15, 0.2) is 48.2 Å². The third-order valence-corrected chi connectivity index (χ3v) is 4.58. The van der Waals surface area contributed by atoms with E-state index in [1.54, 1.807) is 34.6 Å². The van der Waals surface area contributed by atoms with Gasteiger partial charge in [-0.15, -0.1) is 11.3 Å². The van der Waals surface area contributed by atoms with Crippen molar-refractivity contribution in [1.82, 2.24) is 24.9 Å². The van der Waals surface area contributed by atoms with Gasteiger partial charge in [0.05, 0.1) is 11.8 Å². The normalized spacial score (nSPS) is 11.0. The Balaban J connectivity index is 1.51. The van der Waals surface area contributed by atoms with Gasteiger partial charge in [0.2, 0.25) is 0 Å². The molecule has 0 saturated heterocycles. The van der Waals surface area contributed by atoms with E-state index >= 15 is 0 Å². The largest absolute Gasteiger partial charge is 0.346 e. The van der Waals surface area contributed by atoms with Crippen molar-refractivity contribution in [2.45, 2.75) is 6.54 Å². The number of carbonyl (C=O) groups excluding carboxylic acids is 1. The monoisotopic (exact) mass is 371 g/mol. The van der Waals surface area contributed by atoms with Gasteiger partial charge >= 0.3 is 0 Å². The van der Waals surface area contributed by atoms with Crippen LogP contribution < -0.4 is 5.32 Å². The van der Waals surface area contributed by atoms with Gasteiger partial charge in [-0.25, -0.2) is 23.3 Å². The Morgan fingerprint density at radius 1 is 1.31 bits per heavy atom. The zero-order chi connectivity index (χ0) is 18.1. The Bertz CT molecular complexity index is 1110. The van der Waals surface area contributed by atoms with E-state index in [1.807, 2.05) is 0 Å². The maximum absolute atomic E-state index is 13.6. The lowest BCUT2D eigenvalue weighted by atomic mass is 10.2. The number of hydrogen-bond acceptors (Lipinski definition) is 5. The fourth-order valence-electron chi connectivity index (χ4n) is 2.41. The Morgan fingerprint density at radius 2 is 2.19 bits per heavy atom. The molecule has 0 aliphatic rings. The van der Waals surface area contributed by atoms with E-state index in [2.05, 4.69) is 20.4 Å². The van der Waals surface area contributed by atoms with Crippen LogP contribution >= 0.6 is 11.3 Å². The molecule has 0 bridgehead atoms. The molecular formula is C17H11F2N5OS. The summed E-state index contributed by atoms with van der Waals surface area (Å²) < 4.78 is 28.2. The first-order valence-electron chi connectivity index (χ1n) is 7.58. The lowest BCUT2D eigenvalue weighted by Crippen LogP contribution is -2.23. The highest BCUT2D eigenvalue weighted by Gasteiger charge is 2.16. The van der Waals surface area contributed by atoms with E-state index in [0.717, 1.165) is 17.7 Å². The smallest absolute Gasteiger partial charge is 0.271 e. The summed E-state index contributed by atoms with van der Waals surface area (Å²) in [5.41, 5.74) is 1.77. The molecule has 9 heteroatoms. The fourth-order valence-corrected chi connectivity index (χ4v) is 3.22. The van der Waals surface area contributed by atoms with Crippen LogP contribution in [0.2, 0.25) is 0 Å². The second-order valence-corrected chi connectivity index (χ2v) is 6.26. The van der Waals surface area contributed by atoms with Crippen molar-refractivity contribution in [3.8, 4) is 10.6 Å². The van der Waals surface area contributed by atoms with Gasteiger partial charge in [-0.1, -0.05) is 6.07 Å². The van der Waals surface area contributed by atoms with Crippen LogP contribution in [0.4, 0.5) is 8.78 Å². The van der Waals surface area contributed by atoms with Crippen molar-refractivity contribution >= 4 is 22.9 Å². The third kappa shape index (κ3) is 3.04. The van der Waals surface area contributed by atoms with Crippen molar-refractivity contribution < 1.29 is 13.6 Å². The van der Waals surface area contributed by atoms with Gasteiger partial charge in [0.1, 0.15) is 22.3 Å². The van der Waals surface area contributed by atoms with E-state index < -0.39 is 17.5 Å². The zero-order valence-corrected chi connectivity index (χ0v) is 14.0. The minimum Gasteiger partial charge on any atom is -0.346 e. The van der Waals surface area contributed by atoms with Gasteiger partial charge in [0, 0.05) is 35.9 Å². The third-order valence-electron chi connectivity index (χ3n) is 3.70. The molecule has 0 aliphatic heterocycles. The Hall–Kier alpha value is -3.20. The van der Waals surface area contributed by atoms with Gasteiger partial charge in [0.15, 0.2) is 5.65 Å². The van der Waals surface area contributed by atoms with E-state index in [9.17, 15) is 13.6 Å². The molecule has 4 aromatic rings. The van der Waals surface area contributed by atoms with Crippen LogP contribution in [-0.2, 0) is 6.54 Å². The lowest BCUT2D eigenvalue weighted by Gasteiger charge is -2.04. The standard InChI is InChI=1S/C17H11F2N5OS/c18-11-3-2-10(13(19)6-11)7-21-16(25)14-9-26-17(23-14)12-8-22-24-5-1-4-20-15(12)24/h1-6,8-9H,7H2,(H,21,25). The highest BCUT2D eigenvalue weighted by Crippen LogP contribution is 2.26. The molecule has 1 aromatic carbocycles. The van der Waals surface area contributed by atoms with Gasteiger partial charge < -0.3 is 5.32 Å². The summed E-state index contributed by atoms with van der Waals surface area (Å²) in [6.07, 6.45) is 5.06. The second-order valence-electron chi connectivity index (χ2n) is 5.40. The zero-order valence-electron chi connectivity index (χ0n) is 13.2. The topological polar surface area (TPSA) is 72.2 Å². The molecule has 1 amide bonds. The summed E-state index contributed by atoms with van der Waals surface area (Å²) in [7, 11) is 0. The van der Waals surface area contributed by atoms with Crippen LogP contribution in [0, 0.1) is 11.6 Å². The molecule has 0 unspecified atom stereocenters. The first-order chi connectivity index (χ1) is 12.6. The summed E-state index contributed by atoms with van der Waals surface area (Å²) in [4.78, 5) is 20.8. The summed E-state index contributed by atoms with van der Waals surface area (Å²) in [5.74, 6) is -1.81. The fraction of sp³-hybridized carbons (Fsp3) is 0.0588. The van der Waals surface area contributed by atoms with Crippen molar-refractivity contribution in [3.05, 3.63) is 71.1 Å². The van der Waals surface area contributed by atoms with Gasteiger partial charge in [-0.2, -0.15) is 5.10 Å². The van der Waals surface area contributed by atoms with Gasteiger partial charge in [0.25, 0.3) is 5.91 Å². The summed E-state index contributed by atoms with van der Waals surface area (Å²) in [5, 5.41) is 8.98. The molecule has 0 saturated carbocycles. The quantitative estimate of drug-likeness (QED) is 0.598. The number of amides is 1. The molecule has 0 fully saturated rings. The van der Waals surface area contributed by atoms with Crippen LogP contribution in [0.5, 0.6) is 0 Å². The average molecular weight is 371 g/mol. The minimum atomic E-state index is -0.707. The molecular weight excluding hydrogens is 360 g/mol. The summed E-state index contributed by atoms with van der Waals surface area (Å²) in [6.45, 7) is -0.0594. The van der Waals surface area contributed by atoms with E-state index in [-0.39, 0.29) is 17.8 Å². The van der Waals surface area contributed by atoms with E-state index in [4.69, 9.17) is 0 Å². The number of rotatable bonds is 4. The first kappa shape index (κ1) is 16.3. The van der Waals surface area contributed by atoms with E-state index in [1.165, 1.54) is 17.4 Å². The number of aromatic nitrogens is 4. The highest BCUT2D eigenvalue weighted by atomic mass is 32.1. The number of benzene rings is 1. The molecule has 4 rings (SSSR count). The maximum Gasteiger partial charge on any atom is 0.271 e. The molecule has 1 N–H and O–H groups in total. The Kier molecular flexibility index (Phi) is 4.13. The molecule has 3 heterocycles. The minimum absolute atomic E-state index is 0.0594. The SMILES string of the molecule is O=C(NCc1ccc(F)cc1F)c1csc(-c2cnn3cccnc23)n1. The lowest BCUT2D eigenvalue weighted by molar-refractivity contribution is 0.0946. The number of hydrogen-bond donors (Lipinski definition) is 1. The molecule has 130 valence electrons. The van der Waals surface area contributed by atoms with Crippen molar-refractivity contribution in [1.29, 1.82) is 0 Å². The van der Waals surface area contributed by atoms with Crippen LogP contribution in [0.1, 0.15) is 16.1 Å². The highest BCUT2D eigenvalue weighted by molar-refractivity contribution is 7.13. The Morgan fingerprint density at radius 3 is 3.04 bits per heavy atom. The van der Waals surface area contributed by atoms with Gasteiger partial charge in [-0.3, -0.25) is 4.79 Å². The van der Waals surface area contributed by atoms with Crippen molar-refractivity contribution in [2.24, 2.45) is 0 Å². The molecule has 0 radical (unpaired) electrons. The molecule has 3 aromatic heterocycles. The Labute approximate surface area is 150 Å². The molecule has 0 aliphatic carbocycles. The molecule has 6 nitrogen and oxygen atoms in total. The predicted molar refractivity (Wildman–Crippen MR) is 91.6 cm³/mol. The molecule has 0 atom stereocenters. The van der Waals surface area contributed by atoms with Crippen molar-refractivity contribution in [3.63, 3.8) is 0 Å². The second kappa shape index (κ2) is 6.60. The number of nitrogens with zero attached hydrogens (tertiary/aromatic N) is 4. The van der Waals surface area contributed by atoms with Crippen LogP contribution in [-0.4, -0.2) is 25.5 Å². The van der Waals surface area contributed by atoms with E-state index in [0.29, 0.717) is 10.7 Å². The number of thiazole rings is 1. The van der Waals surface area contributed by atoms with Crippen LogP contribution in [0.25, 0.3) is 16.2 Å². The van der Waals surface area contributed by atoms with Gasteiger partial charge in [-0.05, 0) is 12.1 Å². The number of halogens is 2. The number of fused-ring (bicyclic) bond motifs is 1.